The lowest BCUT2D eigenvalue weighted by atomic mass is 10.0. The normalized spacial score (nSPS) is 11.2. The summed E-state index contributed by atoms with van der Waals surface area (Å²) in [5.41, 5.74) is 8.31. The summed E-state index contributed by atoms with van der Waals surface area (Å²) in [6.45, 7) is 0. The summed E-state index contributed by atoms with van der Waals surface area (Å²) in [7, 11) is 0. The maximum Gasteiger partial charge on any atom is 0.268 e. The van der Waals surface area contributed by atoms with Gasteiger partial charge in [-0.1, -0.05) is 66.7 Å². The molecule has 7 aromatic rings. The highest BCUT2D eigenvalue weighted by molar-refractivity contribution is 7.08. The van der Waals surface area contributed by atoms with Crippen LogP contribution in [0.1, 0.15) is 0 Å². The molecule has 182 valence electrons. The quantitative estimate of drug-likeness (QED) is 0.235. The fraction of sp³-hybridized carbons (Fsp3) is 0. The van der Waals surface area contributed by atoms with E-state index in [4.69, 9.17) is 13.9 Å². The SMILES string of the molecule is c1ccc(-c2c(-c3nnco3)c(-c3nnco3)nn2-c2ccc(-c3ccc(-c4ccsc4)cc3)cc2)cc1. The molecule has 0 aliphatic carbocycles. The van der Waals surface area contributed by atoms with Gasteiger partial charge in [-0.25, -0.2) is 4.68 Å². The molecule has 8 nitrogen and oxygen atoms in total. The van der Waals surface area contributed by atoms with Gasteiger partial charge in [-0.2, -0.15) is 16.4 Å². The van der Waals surface area contributed by atoms with Gasteiger partial charge in [0.25, 0.3) is 11.8 Å². The van der Waals surface area contributed by atoms with Gasteiger partial charge in [0.05, 0.1) is 16.9 Å². The highest BCUT2D eigenvalue weighted by Crippen LogP contribution is 2.40. The number of hydrogen-bond acceptors (Lipinski definition) is 8. The molecule has 0 aliphatic heterocycles. The van der Waals surface area contributed by atoms with Gasteiger partial charge < -0.3 is 8.83 Å². The standard InChI is InChI=1S/C29H18N6O2S/c1-2-4-22(5-3-1)27-25(28-32-30-17-36-28)26(29-33-31-18-37-29)34-35(27)24-12-10-20(11-13-24)19-6-8-21(9-7-19)23-14-15-38-16-23/h1-18H. The van der Waals surface area contributed by atoms with Crippen molar-refractivity contribution in [1.82, 2.24) is 30.2 Å². The molecule has 0 saturated carbocycles. The fourth-order valence-corrected chi connectivity index (χ4v) is 5.12. The van der Waals surface area contributed by atoms with Gasteiger partial charge in [0, 0.05) is 5.56 Å². The molecule has 7 rings (SSSR count). The van der Waals surface area contributed by atoms with Crippen LogP contribution in [0.15, 0.2) is 117 Å². The number of aromatic nitrogens is 6. The van der Waals surface area contributed by atoms with Gasteiger partial charge in [0.2, 0.25) is 12.8 Å². The predicted octanol–water partition coefficient (Wildman–Crippen LogP) is 7.03. The van der Waals surface area contributed by atoms with Crippen LogP contribution in [0.25, 0.3) is 62.2 Å². The third-order valence-corrected chi connectivity index (χ3v) is 6.94. The minimum Gasteiger partial charge on any atom is -0.423 e. The van der Waals surface area contributed by atoms with Crippen molar-refractivity contribution in [3.63, 3.8) is 0 Å². The number of thiophene rings is 1. The zero-order valence-electron chi connectivity index (χ0n) is 19.8. The first kappa shape index (κ1) is 22.1. The molecule has 0 spiro atoms. The summed E-state index contributed by atoms with van der Waals surface area (Å²) in [5.74, 6) is 0.571. The maximum atomic E-state index is 5.62. The van der Waals surface area contributed by atoms with Crippen LogP contribution in [0.2, 0.25) is 0 Å². The van der Waals surface area contributed by atoms with Crippen LogP contribution in [0, 0.1) is 0 Å². The van der Waals surface area contributed by atoms with Gasteiger partial charge in [0.1, 0.15) is 0 Å². The fourth-order valence-electron chi connectivity index (χ4n) is 4.46. The third-order valence-electron chi connectivity index (χ3n) is 6.25. The first-order chi connectivity index (χ1) is 18.8. The Kier molecular flexibility index (Phi) is 5.45. The number of hydrogen-bond donors (Lipinski definition) is 0. The number of rotatable bonds is 6. The van der Waals surface area contributed by atoms with Crippen LogP contribution < -0.4 is 0 Å². The number of nitrogens with zero attached hydrogens (tertiary/aromatic N) is 6. The molecule has 9 heteroatoms. The Morgan fingerprint density at radius 2 is 1.24 bits per heavy atom. The van der Waals surface area contributed by atoms with E-state index in [1.54, 1.807) is 11.3 Å². The lowest BCUT2D eigenvalue weighted by Gasteiger charge is -2.10. The molecule has 0 atom stereocenters. The van der Waals surface area contributed by atoms with Gasteiger partial charge >= 0.3 is 0 Å². The molecule has 0 fully saturated rings. The molecule has 0 unspecified atom stereocenters. The molecule has 3 aromatic carbocycles. The Labute approximate surface area is 220 Å². The van der Waals surface area contributed by atoms with Gasteiger partial charge in [-0.3, -0.25) is 0 Å². The Morgan fingerprint density at radius 1 is 0.605 bits per heavy atom. The van der Waals surface area contributed by atoms with Crippen molar-refractivity contribution in [3.8, 4) is 62.2 Å². The molecule has 0 radical (unpaired) electrons. The zero-order valence-corrected chi connectivity index (χ0v) is 20.6. The summed E-state index contributed by atoms with van der Waals surface area (Å²) < 4.78 is 13.0. The lowest BCUT2D eigenvalue weighted by molar-refractivity contribution is 0.560. The second-order valence-electron chi connectivity index (χ2n) is 8.47. The van der Waals surface area contributed by atoms with Crippen LogP contribution >= 0.6 is 11.3 Å². The summed E-state index contributed by atoms with van der Waals surface area (Å²) in [6, 6.07) is 28.9. The molecular formula is C29H18N6O2S. The average molecular weight is 515 g/mol. The van der Waals surface area contributed by atoms with Crippen LogP contribution in [0.5, 0.6) is 0 Å². The largest absolute Gasteiger partial charge is 0.423 e. The predicted molar refractivity (Wildman–Crippen MR) is 144 cm³/mol. The number of benzene rings is 3. The van der Waals surface area contributed by atoms with Crippen molar-refractivity contribution >= 4 is 11.3 Å². The lowest BCUT2D eigenvalue weighted by Crippen LogP contribution is -1.99. The highest BCUT2D eigenvalue weighted by Gasteiger charge is 2.28. The molecule has 0 aliphatic rings. The summed E-state index contributed by atoms with van der Waals surface area (Å²) in [6.07, 6.45) is 2.56. The minimum absolute atomic E-state index is 0.261. The first-order valence-corrected chi connectivity index (χ1v) is 12.7. The van der Waals surface area contributed by atoms with E-state index in [0.29, 0.717) is 17.1 Å². The Hall–Kier alpha value is -5.15. The summed E-state index contributed by atoms with van der Waals surface area (Å²) >= 11 is 1.70. The highest BCUT2D eigenvalue weighted by atomic mass is 32.1. The second kappa shape index (κ2) is 9.38. The van der Waals surface area contributed by atoms with E-state index in [2.05, 4.69) is 73.6 Å². The topological polar surface area (TPSA) is 95.7 Å². The summed E-state index contributed by atoms with van der Waals surface area (Å²) in [5, 5.41) is 25.1. The van der Waals surface area contributed by atoms with Crippen molar-refractivity contribution in [2.45, 2.75) is 0 Å². The van der Waals surface area contributed by atoms with Gasteiger partial charge in [-0.15, -0.1) is 20.4 Å². The van der Waals surface area contributed by atoms with E-state index in [1.165, 1.54) is 23.9 Å². The Bertz CT molecular complexity index is 1770. The van der Waals surface area contributed by atoms with Crippen molar-refractivity contribution < 1.29 is 8.83 Å². The van der Waals surface area contributed by atoms with Crippen molar-refractivity contribution in [2.24, 2.45) is 0 Å². The molecule has 4 heterocycles. The molecule has 38 heavy (non-hydrogen) atoms. The molecular weight excluding hydrogens is 496 g/mol. The van der Waals surface area contributed by atoms with Crippen molar-refractivity contribution in [1.29, 1.82) is 0 Å². The molecule has 0 bridgehead atoms. The van der Waals surface area contributed by atoms with Gasteiger partial charge in [0.15, 0.2) is 5.69 Å². The van der Waals surface area contributed by atoms with Crippen LogP contribution in [0.4, 0.5) is 0 Å². The molecule has 4 aromatic heterocycles. The average Bonchev–Trinajstić information content (AvgIpc) is 3.80. The zero-order chi connectivity index (χ0) is 25.3. The van der Waals surface area contributed by atoms with E-state index < -0.39 is 0 Å². The molecule has 0 saturated heterocycles. The van der Waals surface area contributed by atoms with Gasteiger partial charge in [-0.05, 0) is 51.2 Å². The molecule has 0 amide bonds. The van der Waals surface area contributed by atoms with E-state index >= 15 is 0 Å². The smallest absolute Gasteiger partial charge is 0.268 e. The van der Waals surface area contributed by atoms with Crippen molar-refractivity contribution in [2.75, 3.05) is 0 Å². The monoisotopic (exact) mass is 514 g/mol. The Balaban J connectivity index is 1.34. The minimum atomic E-state index is 0.261. The molecule has 0 N–H and O–H groups in total. The Morgan fingerprint density at radius 3 is 1.84 bits per heavy atom. The van der Waals surface area contributed by atoms with Crippen molar-refractivity contribution in [3.05, 3.63) is 108 Å². The van der Waals surface area contributed by atoms with E-state index in [9.17, 15) is 0 Å². The van der Waals surface area contributed by atoms with E-state index in [1.807, 2.05) is 47.1 Å². The second-order valence-corrected chi connectivity index (χ2v) is 9.25. The summed E-state index contributed by atoms with van der Waals surface area (Å²) in [4.78, 5) is 0. The first-order valence-electron chi connectivity index (χ1n) is 11.8. The van der Waals surface area contributed by atoms with E-state index in [-0.39, 0.29) is 5.89 Å². The van der Waals surface area contributed by atoms with Crippen LogP contribution in [-0.2, 0) is 0 Å². The third kappa shape index (κ3) is 3.91. The maximum absolute atomic E-state index is 5.62. The van der Waals surface area contributed by atoms with E-state index in [0.717, 1.165) is 28.1 Å². The van der Waals surface area contributed by atoms with Crippen LogP contribution in [0.3, 0.4) is 0 Å². The van der Waals surface area contributed by atoms with Crippen LogP contribution in [-0.4, -0.2) is 30.2 Å².